The number of piperidine rings is 1. The molecule has 2 aromatic rings. The van der Waals surface area contributed by atoms with Crippen LogP contribution < -0.4 is 15.5 Å². The van der Waals surface area contributed by atoms with Crippen molar-refractivity contribution in [1.82, 2.24) is 5.32 Å². The van der Waals surface area contributed by atoms with Crippen LogP contribution in [0, 0.1) is 0 Å². The number of carbonyl (C=O) groups is 1. The number of benzene rings is 2. The fraction of sp³-hybridized carbons (Fsp3) is 0.435. The standard InChI is InChI=1S/C23H29N3O/c27-23(25-20-13-8-10-18-9-2-3-11-19(18)20)17-24-21-12-4-5-14-22(21)26-15-6-1-7-16-26/h2-5,9,11-12,14,20,24H,1,6-8,10,13,15-17H2,(H,25,27)/t20-/m0/s1. The number of amides is 1. The summed E-state index contributed by atoms with van der Waals surface area (Å²) in [6, 6.07) is 17.0. The van der Waals surface area contributed by atoms with E-state index in [9.17, 15) is 4.79 Å². The minimum absolute atomic E-state index is 0.0603. The summed E-state index contributed by atoms with van der Waals surface area (Å²) in [5.74, 6) is 0.0603. The van der Waals surface area contributed by atoms with Crippen LogP contribution in [-0.2, 0) is 11.2 Å². The molecule has 1 saturated heterocycles. The van der Waals surface area contributed by atoms with Crippen LogP contribution in [-0.4, -0.2) is 25.5 Å². The Balaban J connectivity index is 1.38. The first-order chi connectivity index (χ1) is 13.3. The van der Waals surface area contributed by atoms with Crippen LogP contribution >= 0.6 is 0 Å². The van der Waals surface area contributed by atoms with Crippen molar-refractivity contribution in [2.75, 3.05) is 29.9 Å². The quantitative estimate of drug-likeness (QED) is 0.833. The normalized spacial score (nSPS) is 19.3. The summed E-state index contributed by atoms with van der Waals surface area (Å²) in [6.07, 6.45) is 7.08. The second-order valence-corrected chi connectivity index (χ2v) is 7.63. The van der Waals surface area contributed by atoms with Gasteiger partial charge in [-0.2, -0.15) is 0 Å². The zero-order valence-electron chi connectivity index (χ0n) is 15.9. The molecule has 1 amide bonds. The van der Waals surface area contributed by atoms with Crippen LogP contribution in [0.5, 0.6) is 0 Å². The van der Waals surface area contributed by atoms with Crippen LogP contribution in [0.15, 0.2) is 48.5 Å². The van der Waals surface area contributed by atoms with Gasteiger partial charge in [-0.25, -0.2) is 0 Å². The van der Waals surface area contributed by atoms with E-state index < -0.39 is 0 Å². The van der Waals surface area contributed by atoms with Crippen molar-refractivity contribution in [2.24, 2.45) is 0 Å². The summed E-state index contributed by atoms with van der Waals surface area (Å²) in [7, 11) is 0. The Morgan fingerprint density at radius 1 is 0.963 bits per heavy atom. The smallest absolute Gasteiger partial charge is 0.239 e. The second-order valence-electron chi connectivity index (χ2n) is 7.63. The molecule has 0 spiro atoms. The van der Waals surface area contributed by atoms with Crippen molar-refractivity contribution in [3.05, 3.63) is 59.7 Å². The maximum Gasteiger partial charge on any atom is 0.239 e. The SMILES string of the molecule is O=C(CNc1ccccc1N1CCCCC1)N[C@H]1CCCc2ccccc21. The first kappa shape index (κ1) is 17.9. The molecule has 1 aliphatic heterocycles. The molecular weight excluding hydrogens is 334 g/mol. The number of rotatable bonds is 5. The summed E-state index contributed by atoms with van der Waals surface area (Å²) in [5, 5.41) is 6.60. The topological polar surface area (TPSA) is 44.4 Å². The van der Waals surface area contributed by atoms with E-state index in [0.29, 0.717) is 6.54 Å². The Morgan fingerprint density at radius 3 is 2.63 bits per heavy atom. The van der Waals surface area contributed by atoms with Crippen LogP contribution in [0.1, 0.15) is 49.3 Å². The molecule has 4 rings (SSSR count). The number of carbonyl (C=O) groups excluding carboxylic acids is 1. The average molecular weight is 364 g/mol. The molecule has 1 heterocycles. The van der Waals surface area contributed by atoms with Gasteiger partial charge in [0, 0.05) is 13.1 Å². The van der Waals surface area contributed by atoms with Gasteiger partial charge in [0.25, 0.3) is 0 Å². The summed E-state index contributed by atoms with van der Waals surface area (Å²) >= 11 is 0. The monoisotopic (exact) mass is 363 g/mol. The van der Waals surface area contributed by atoms with Gasteiger partial charge >= 0.3 is 0 Å². The van der Waals surface area contributed by atoms with E-state index in [2.05, 4.69) is 58.0 Å². The highest BCUT2D eigenvalue weighted by Gasteiger charge is 2.21. The lowest BCUT2D eigenvalue weighted by Crippen LogP contribution is -2.35. The molecule has 2 aromatic carbocycles. The average Bonchev–Trinajstić information content (AvgIpc) is 2.73. The fourth-order valence-electron chi connectivity index (χ4n) is 4.36. The van der Waals surface area contributed by atoms with Gasteiger partial charge in [0.2, 0.25) is 5.91 Å². The Hall–Kier alpha value is -2.49. The number of para-hydroxylation sites is 2. The molecular formula is C23H29N3O. The third-order valence-electron chi connectivity index (χ3n) is 5.74. The minimum Gasteiger partial charge on any atom is -0.374 e. The van der Waals surface area contributed by atoms with E-state index in [1.165, 1.54) is 36.1 Å². The van der Waals surface area contributed by atoms with E-state index >= 15 is 0 Å². The highest BCUT2D eigenvalue weighted by Crippen LogP contribution is 2.30. The Kier molecular flexibility index (Phi) is 5.61. The summed E-state index contributed by atoms with van der Waals surface area (Å²) in [6.45, 7) is 2.51. The van der Waals surface area contributed by atoms with E-state index in [-0.39, 0.29) is 11.9 Å². The molecule has 1 aliphatic carbocycles. The van der Waals surface area contributed by atoms with Gasteiger partial charge in [0.15, 0.2) is 0 Å². The number of anilines is 2. The molecule has 4 nitrogen and oxygen atoms in total. The van der Waals surface area contributed by atoms with E-state index in [1.807, 2.05) is 6.07 Å². The maximum atomic E-state index is 12.6. The molecule has 0 saturated carbocycles. The largest absolute Gasteiger partial charge is 0.374 e. The molecule has 2 N–H and O–H groups in total. The molecule has 0 aromatic heterocycles. The zero-order chi connectivity index (χ0) is 18.5. The van der Waals surface area contributed by atoms with Crippen LogP contribution in [0.4, 0.5) is 11.4 Å². The Morgan fingerprint density at radius 2 is 1.74 bits per heavy atom. The van der Waals surface area contributed by atoms with Gasteiger partial charge in [-0.05, 0) is 61.8 Å². The lowest BCUT2D eigenvalue weighted by atomic mass is 9.88. The molecule has 142 valence electrons. The molecule has 2 aliphatic rings. The summed E-state index contributed by atoms with van der Waals surface area (Å²) in [4.78, 5) is 15.0. The summed E-state index contributed by atoms with van der Waals surface area (Å²) in [5.41, 5.74) is 4.93. The Labute approximate surface area is 162 Å². The van der Waals surface area contributed by atoms with Gasteiger partial charge in [0.05, 0.1) is 24.0 Å². The third-order valence-corrected chi connectivity index (χ3v) is 5.74. The first-order valence-corrected chi connectivity index (χ1v) is 10.3. The van der Waals surface area contributed by atoms with E-state index in [1.54, 1.807) is 0 Å². The lowest BCUT2D eigenvalue weighted by Gasteiger charge is -2.31. The van der Waals surface area contributed by atoms with Crippen LogP contribution in [0.2, 0.25) is 0 Å². The predicted molar refractivity (Wildman–Crippen MR) is 111 cm³/mol. The van der Waals surface area contributed by atoms with Crippen molar-refractivity contribution in [2.45, 2.75) is 44.6 Å². The number of nitrogens with zero attached hydrogens (tertiary/aromatic N) is 1. The minimum atomic E-state index is 0.0603. The number of aryl methyl sites for hydroxylation is 1. The Bertz CT molecular complexity index is 783. The highest BCUT2D eigenvalue weighted by molar-refractivity contribution is 5.83. The van der Waals surface area contributed by atoms with Gasteiger partial charge in [-0.3, -0.25) is 4.79 Å². The highest BCUT2D eigenvalue weighted by atomic mass is 16.2. The van der Waals surface area contributed by atoms with Gasteiger partial charge in [-0.1, -0.05) is 36.4 Å². The van der Waals surface area contributed by atoms with Crippen molar-refractivity contribution < 1.29 is 4.79 Å². The van der Waals surface area contributed by atoms with Gasteiger partial charge in [-0.15, -0.1) is 0 Å². The predicted octanol–water partition coefficient (Wildman–Crippen LogP) is 4.28. The third kappa shape index (κ3) is 4.26. The number of hydrogen-bond donors (Lipinski definition) is 2. The van der Waals surface area contributed by atoms with Crippen molar-refractivity contribution in [3.8, 4) is 0 Å². The number of nitrogens with one attached hydrogen (secondary N) is 2. The zero-order valence-corrected chi connectivity index (χ0v) is 15.9. The van der Waals surface area contributed by atoms with Crippen molar-refractivity contribution in [1.29, 1.82) is 0 Å². The molecule has 0 unspecified atom stereocenters. The van der Waals surface area contributed by atoms with Crippen LogP contribution in [0.25, 0.3) is 0 Å². The molecule has 0 bridgehead atoms. The van der Waals surface area contributed by atoms with Gasteiger partial charge in [0.1, 0.15) is 0 Å². The second kappa shape index (κ2) is 8.47. The van der Waals surface area contributed by atoms with Crippen molar-refractivity contribution in [3.63, 3.8) is 0 Å². The molecule has 4 heteroatoms. The molecule has 1 atom stereocenters. The molecule has 0 radical (unpaired) electrons. The number of hydrogen-bond acceptors (Lipinski definition) is 3. The first-order valence-electron chi connectivity index (χ1n) is 10.3. The van der Waals surface area contributed by atoms with Crippen molar-refractivity contribution >= 4 is 17.3 Å². The van der Waals surface area contributed by atoms with E-state index in [4.69, 9.17) is 0 Å². The number of fused-ring (bicyclic) bond motifs is 1. The maximum absolute atomic E-state index is 12.6. The molecule has 1 fully saturated rings. The van der Waals surface area contributed by atoms with Crippen LogP contribution in [0.3, 0.4) is 0 Å². The lowest BCUT2D eigenvalue weighted by molar-refractivity contribution is -0.120. The van der Waals surface area contributed by atoms with E-state index in [0.717, 1.165) is 38.0 Å². The van der Waals surface area contributed by atoms with Gasteiger partial charge < -0.3 is 15.5 Å². The fourth-order valence-corrected chi connectivity index (χ4v) is 4.36. The molecule has 27 heavy (non-hydrogen) atoms. The summed E-state index contributed by atoms with van der Waals surface area (Å²) < 4.78 is 0.